The zero-order valence-electron chi connectivity index (χ0n) is 17.2. The van der Waals surface area contributed by atoms with Crippen LogP contribution in [0.25, 0.3) is 11.0 Å². The SMILES string of the molecule is CCCn1c(NC(=O)C2CCCN(S(=O)(=O)c3ccc(C)s3)C2)nc2ccccc21. The lowest BCUT2D eigenvalue weighted by atomic mass is 9.99. The van der Waals surface area contributed by atoms with E-state index in [-0.39, 0.29) is 12.5 Å². The van der Waals surface area contributed by atoms with Crippen LogP contribution in [-0.2, 0) is 21.4 Å². The molecule has 9 heteroatoms. The fourth-order valence-corrected chi connectivity index (χ4v) is 6.85. The van der Waals surface area contributed by atoms with Gasteiger partial charge in [0.05, 0.1) is 17.0 Å². The lowest BCUT2D eigenvalue weighted by Crippen LogP contribution is -2.43. The number of rotatable bonds is 6. The summed E-state index contributed by atoms with van der Waals surface area (Å²) in [6.45, 7) is 5.35. The van der Waals surface area contributed by atoms with Crippen LogP contribution in [0.4, 0.5) is 5.95 Å². The molecular formula is C21H26N4O3S2. The van der Waals surface area contributed by atoms with Gasteiger partial charge in [-0.2, -0.15) is 4.31 Å². The summed E-state index contributed by atoms with van der Waals surface area (Å²) in [7, 11) is -3.57. The Morgan fingerprint density at radius 1 is 1.27 bits per heavy atom. The topological polar surface area (TPSA) is 84.3 Å². The molecule has 30 heavy (non-hydrogen) atoms. The smallest absolute Gasteiger partial charge is 0.252 e. The van der Waals surface area contributed by atoms with Crippen LogP contribution in [0.3, 0.4) is 0 Å². The molecule has 160 valence electrons. The highest BCUT2D eigenvalue weighted by Crippen LogP contribution is 2.29. The second-order valence-electron chi connectivity index (χ2n) is 7.63. The first-order valence-electron chi connectivity index (χ1n) is 10.2. The molecule has 0 saturated carbocycles. The third-order valence-electron chi connectivity index (χ3n) is 5.40. The zero-order chi connectivity index (χ0) is 21.3. The summed E-state index contributed by atoms with van der Waals surface area (Å²) in [6.07, 6.45) is 2.24. The summed E-state index contributed by atoms with van der Waals surface area (Å²) in [5, 5.41) is 2.96. The Balaban J connectivity index is 1.53. The van der Waals surface area contributed by atoms with Gasteiger partial charge >= 0.3 is 0 Å². The van der Waals surface area contributed by atoms with Gasteiger partial charge in [0, 0.05) is 24.5 Å². The molecule has 1 N–H and O–H groups in total. The van der Waals surface area contributed by atoms with Crippen molar-refractivity contribution in [3.63, 3.8) is 0 Å². The summed E-state index contributed by atoms with van der Waals surface area (Å²) in [6, 6.07) is 11.3. The number of fused-ring (bicyclic) bond motifs is 1. The zero-order valence-corrected chi connectivity index (χ0v) is 18.8. The summed E-state index contributed by atoms with van der Waals surface area (Å²) < 4.78 is 29.7. The normalized spacial score (nSPS) is 18.0. The lowest BCUT2D eigenvalue weighted by Gasteiger charge is -2.30. The molecule has 1 aromatic carbocycles. The largest absolute Gasteiger partial charge is 0.310 e. The van der Waals surface area contributed by atoms with Crippen LogP contribution in [0.5, 0.6) is 0 Å². The number of carbonyl (C=O) groups is 1. The number of benzene rings is 1. The Morgan fingerprint density at radius 3 is 2.80 bits per heavy atom. The third-order valence-corrected chi connectivity index (χ3v) is 8.73. The summed E-state index contributed by atoms with van der Waals surface area (Å²) in [5.41, 5.74) is 1.82. The van der Waals surface area contributed by atoms with Crippen molar-refractivity contribution in [2.45, 2.75) is 43.9 Å². The Kier molecular flexibility index (Phi) is 5.95. The number of imidazole rings is 1. The van der Waals surface area contributed by atoms with Crippen LogP contribution in [-0.4, -0.2) is 41.3 Å². The minimum atomic E-state index is -3.57. The van der Waals surface area contributed by atoms with E-state index in [1.54, 1.807) is 6.07 Å². The van der Waals surface area contributed by atoms with Crippen LogP contribution in [0.1, 0.15) is 31.1 Å². The molecule has 1 aliphatic rings. The lowest BCUT2D eigenvalue weighted by molar-refractivity contribution is -0.120. The molecule has 1 unspecified atom stereocenters. The monoisotopic (exact) mass is 446 g/mol. The highest BCUT2D eigenvalue weighted by molar-refractivity contribution is 7.91. The van der Waals surface area contributed by atoms with Gasteiger partial charge in [-0.15, -0.1) is 11.3 Å². The van der Waals surface area contributed by atoms with Gasteiger partial charge in [-0.1, -0.05) is 19.1 Å². The molecule has 1 fully saturated rings. The minimum absolute atomic E-state index is 0.176. The number of aromatic nitrogens is 2. The van der Waals surface area contributed by atoms with E-state index in [4.69, 9.17) is 0 Å². The number of nitrogens with zero attached hydrogens (tertiary/aromatic N) is 3. The minimum Gasteiger partial charge on any atom is -0.310 e. The standard InChI is InChI=1S/C21H26N4O3S2/c1-3-12-25-18-9-5-4-8-17(18)22-21(25)23-20(26)16-7-6-13-24(14-16)30(27,28)19-11-10-15(2)29-19/h4-5,8-11,16H,3,6-7,12-14H2,1-2H3,(H,22,23,26). The number of thiophene rings is 1. The van der Waals surface area contributed by atoms with Crippen LogP contribution < -0.4 is 5.32 Å². The highest BCUT2D eigenvalue weighted by Gasteiger charge is 2.34. The van der Waals surface area contributed by atoms with E-state index in [1.165, 1.54) is 15.6 Å². The van der Waals surface area contributed by atoms with Gasteiger partial charge < -0.3 is 4.57 Å². The quantitative estimate of drug-likeness (QED) is 0.623. The fourth-order valence-electron chi connectivity index (χ4n) is 3.89. The molecule has 1 saturated heterocycles. The number of nitrogens with one attached hydrogen (secondary N) is 1. The third kappa shape index (κ3) is 4.01. The van der Waals surface area contributed by atoms with Crippen molar-refractivity contribution in [3.8, 4) is 0 Å². The average molecular weight is 447 g/mol. The van der Waals surface area contributed by atoms with E-state index in [0.717, 1.165) is 28.9 Å². The maximum atomic E-state index is 13.0. The van der Waals surface area contributed by atoms with Gasteiger partial charge in [-0.05, 0) is 50.5 Å². The summed E-state index contributed by atoms with van der Waals surface area (Å²) in [4.78, 5) is 18.6. The summed E-state index contributed by atoms with van der Waals surface area (Å²) in [5.74, 6) is -0.0497. The van der Waals surface area contributed by atoms with Crippen LogP contribution in [0.2, 0.25) is 0 Å². The molecule has 1 aliphatic heterocycles. The molecule has 0 radical (unpaired) electrons. The molecule has 1 amide bonds. The van der Waals surface area contributed by atoms with Crippen LogP contribution in [0, 0.1) is 12.8 Å². The van der Waals surface area contributed by atoms with E-state index in [0.29, 0.717) is 29.5 Å². The molecule has 0 aliphatic carbocycles. The molecule has 0 bridgehead atoms. The Morgan fingerprint density at radius 2 is 2.07 bits per heavy atom. The number of piperidine rings is 1. The predicted molar refractivity (Wildman–Crippen MR) is 119 cm³/mol. The van der Waals surface area contributed by atoms with Crippen molar-refractivity contribution < 1.29 is 13.2 Å². The maximum absolute atomic E-state index is 13.0. The van der Waals surface area contributed by atoms with Gasteiger partial charge in [0.15, 0.2) is 0 Å². The molecule has 7 nitrogen and oxygen atoms in total. The van der Waals surface area contributed by atoms with Gasteiger partial charge in [-0.25, -0.2) is 13.4 Å². The van der Waals surface area contributed by atoms with Crippen LogP contribution >= 0.6 is 11.3 Å². The van der Waals surface area contributed by atoms with E-state index in [9.17, 15) is 13.2 Å². The second-order valence-corrected chi connectivity index (χ2v) is 11.1. The average Bonchev–Trinajstić information content (AvgIpc) is 3.33. The van der Waals surface area contributed by atoms with Crippen molar-refractivity contribution in [3.05, 3.63) is 41.3 Å². The van der Waals surface area contributed by atoms with E-state index in [1.807, 2.05) is 41.8 Å². The van der Waals surface area contributed by atoms with E-state index in [2.05, 4.69) is 17.2 Å². The molecule has 3 aromatic rings. The number of anilines is 1. The van der Waals surface area contributed by atoms with Crippen molar-refractivity contribution in [2.75, 3.05) is 18.4 Å². The van der Waals surface area contributed by atoms with Gasteiger partial charge in [0.1, 0.15) is 4.21 Å². The molecule has 1 atom stereocenters. The number of aryl methyl sites for hydroxylation is 2. The highest BCUT2D eigenvalue weighted by atomic mass is 32.2. The first kappa shape index (κ1) is 21.0. The van der Waals surface area contributed by atoms with E-state index >= 15 is 0 Å². The first-order valence-corrected chi connectivity index (χ1v) is 12.5. The molecule has 4 rings (SSSR count). The van der Waals surface area contributed by atoms with Crippen molar-refractivity contribution in [2.24, 2.45) is 5.92 Å². The predicted octanol–water partition coefficient (Wildman–Crippen LogP) is 3.86. The number of hydrogen-bond donors (Lipinski definition) is 1. The van der Waals surface area contributed by atoms with Crippen molar-refractivity contribution >= 4 is 44.2 Å². The van der Waals surface area contributed by atoms with Crippen molar-refractivity contribution in [1.82, 2.24) is 13.9 Å². The van der Waals surface area contributed by atoms with Gasteiger partial charge in [0.2, 0.25) is 11.9 Å². The first-order chi connectivity index (χ1) is 14.4. The number of hydrogen-bond acceptors (Lipinski definition) is 5. The number of para-hydroxylation sites is 2. The fraction of sp³-hybridized carbons (Fsp3) is 0.429. The van der Waals surface area contributed by atoms with Crippen molar-refractivity contribution in [1.29, 1.82) is 0 Å². The Bertz CT molecular complexity index is 1170. The van der Waals surface area contributed by atoms with Crippen LogP contribution in [0.15, 0.2) is 40.6 Å². The Hall–Kier alpha value is -2.23. The summed E-state index contributed by atoms with van der Waals surface area (Å²) >= 11 is 1.27. The Labute approximate surface area is 180 Å². The molecule has 0 spiro atoms. The van der Waals surface area contributed by atoms with E-state index < -0.39 is 15.9 Å². The van der Waals surface area contributed by atoms with Gasteiger partial charge in [-0.3, -0.25) is 10.1 Å². The molecule has 2 aromatic heterocycles. The molecular weight excluding hydrogens is 420 g/mol. The maximum Gasteiger partial charge on any atom is 0.252 e. The number of amides is 1. The van der Waals surface area contributed by atoms with Gasteiger partial charge in [0.25, 0.3) is 10.0 Å². The second kappa shape index (κ2) is 8.49. The number of sulfonamides is 1. The molecule has 3 heterocycles. The number of carbonyl (C=O) groups excluding carboxylic acids is 1.